The highest BCUT2D eigenvalue weighted by Gasteiger charge is 2.25. The highest BCUT2D eigenvalue weighted by atomic mass is 32.2. The number of hydrogen-bond donors (Lipinski definition) is 1. The lowest BCUT2D eigenvalue weighted by molar-refractivity contribution is -0.153. The van der Waals surface area contributed by atoms with Crippen LogP contribution in [-0.2, 0) is 24.4 Å². The van der Waals surface area contributed by atoms with Gasteiger partial charge in [-0.15, -0.1) is 0 Å². The molecule has 8 heteroatoms. The van der Waals surface area contributed by atoms with Crippen molar-refractivity contribution in [2.45, 2.75) is 20.0 Å². The van der Waals surface area contributed by atoms with Gasteiger partial charge in [0.1, 0.15) is 11.9 Å². The van der Waals surface area contributed by atoms with Gasteiger partial charge in [0.15, 0.2) is 0 Å². The van der Waals surface area contributed by atoms with E-state index in [9.17, 15) is 13.2 Å². The van der Waals surface area contributed by atoms with Gasteiger partial charge in [-0.25, -0.2) is 0 Å². The van der Waals surface area contributed by atoms with Crippen molar-refractivity contribution in [2.24, 2.45) is 5.92 Å². The average molecular weight is 295 g/mol. The predicted molar refractivity (Wildman–Crippen MR) is 68.4 cm³/mol. The van der Waals surface area contributed by atoms with Crippen LogP contribution in [0.1, 0.15) is 13.8 Å². The van der Waals surface area contributed by atoms with Crippen LogP contribution in [0.5, 0.6) is 0 Å². The predicted octanol–water partition coefficient (Wildman–Crippen LogP) is -0.226. The van der Waals surface area contributed by atoms with E-state index < -0.39 is 27.9 Å². The Morgan fingerprint density at radius 1 is 1.37 bits per heavy atom. The summed E-state index contributed by atoms with van der Waals surface area (Å²) in [5.74, 6) is -1.39. The molecule has 1 rings (SSSR count). The van der Waals surface area contributed by atoms with Crippen molar-refractivity contribution in [3.63, 3.8) is 0 Å². The van der Waals surface area contributed by atoms with E-state index in [4.69, 9.17) is 14.0 Å². The first kappa shape index (κ1) is 16.4. The van der Waals surface area contributed by atoms with Crippen LogP contribution in [0.2, 0.25) is 0 Å². The fourth-order valence-electron chi connectivity index (χ4n) is 1.73. The summed E-state index contributed by atoms with van der Waals surface area (Å²) in [6.07, 6.45) is -0.858. The summed E-state index contributed by atoms with van der Waals surface area (Å²) in [7, 11) is -4.18. The lowest BCUT2D eigenvalue weighted by Crippen LogP contribution is -2.44. The Kier molecular flexibility index (Phi) is 6.18. The topological polar surface area (TPSA) is 93.1 Å². The third-order valence-corrected chi connectivity index (χ3v) is 3.51. The second kappa shape index (κ2) is 7.18. The highest BCUT2D eigenvalue weighted by molar-refractivity contribution is 7.85. The minimum absolute atomic E-state index is 0.279. The average Bonchev–Trinajstić information content (AvgIpc) is 2.27. The maximum atomic E-state index is 11.5. The largest absolute Gasteiger partial charge is 0.460 e. The first-order valence-corrected chi connectivity index (χ1v) is 7.84. The van der Waals surface area contributed by atoms with E-state index in [-0.39, 0.29) is 12.5 Å². The van der Waals surface area contributed by atoms with Crippen molar-refractivity contribution in [1.29, 1.82) is 0 Å². The summed E-state index contributed by atoms with van der Waals surface area (Å²) < 4.78 is 41.1. The standard InChI is InChI=1S/C11H21NO6S/c1-9(2)11(13)18-10(8-19(14,15)16)7-12-3-5-17-6-4-12/h9-10H,3-8H2,1-2H3,(H,14,15,16). The number of carbonyl (C=O) groups is 1. The fourth-order valence-corrected chi connectivity index (χ4v) is 2.37. The van der Waals surface area contributed by atoms with E-state index in [0.717, 1.165) is 0 Å². The van der Waals surface area contributed by atoms with Crippen LogP contribution in [0, 0.1) is 5.92 Å². The first-order valence-electron chi connectivity index (χ1n) is 6.23. The van der Waals surface area contributed by atoms with Gasteiger partial charge < -0.3 is 9.47 Å². The summed E-state index contributed by atoms with van der Waals surface area (Å²) in [4.78, 5) is 13.5. The van der Waals surface area contributed by atoms with Gasteiger partial charge >= 0.3 is 5.97 Å². The van der Waals surface area contributed by atoms with Crippen molar-refractivity contribution in [3.05, 3.63) is 0 Å². The zero-order valence-electron chi connectivity index (χ0n) is 11.2. The minimum Gasteiger partial charge on any atom is -0.460 e. The summed E-state index contributed by atoms with van der Waals surface area (Å²) in [6.45, 7) is 6.06. The first-order chi connectivity index (χ1) is 8.78. The Bertz CT molecular complexity index is 388. The lowest BCUT2D eigenvalue weighted by atomic mass is 10.2. The number of carbonyl (C=O) groups excluding carboxylic acids is 1. The molecule has 1 heterocycles. The molecule has 1 fully saturated rings. The second-order valence-corrected chi connectivity index (χ2v) is 6.37. The smallest absolute Gasteiger partial charge is 0.308 e. The summed E-state index contributed by atoms with van der Waals surface area (Å²) in [6, 6.07) is 0. The number of hydrogen-bond acceptors (Lipinski definition) is 6. The number of morpholine rings is 1. The second-order valence-electron chi connectivity index (χ2n) is 4.88. The molecule has 0 saturated carbocycles. The normalized spacial score (nSPS) is 19.4. The third-order valence-electron chi connectivity index (χ3n) is 2.72. The molecule has 1 atom stereocenters. The molecule has 112 valence electrons. The molecule has 1 aliphatic heterocycles. The van der Waals surface area contributed by atoms with E-state index in [1.807, 2.05) is 4.90 Å². The van der Waals surface area contributed by atoms with Gasteiger partial charge in [0.2, 0.25) is 0 Å². The molecule has 1 unspecified atom stereocenters. The molecule has 0 aliphatic carbocycles. The lowest BCUT2D eigenvalue weighted by Gasteiger charge is -2.30. The zero-order chi connectivity index (χ0) is 14.5. The van der Waals surface area contributed by atoms with Crippen LogP contribution in [0.15, 0.2) is 0 Å². The summed E-state index contributed by atoms with van der Waals surface area (Å²) in [5, 5.41) is 0. The van der Waals surface area contributed by atoms with Crippen LogP contribution < -0.4 is 0 Å². The van der Waals surface area contributed by atoms with Crippen molar-refractivity contribution >= 4 is 16.1 Å². The van der Waals surface area contributed by atoms with E-state index in [0.29, 0.717) is 26.3 Å². The molecule has 1 saturated heterocycles. The van der Waals surface area contributed by atoms with Gasteiger partial charge in [0.05, 0.1) is 19.1 Å². The molecule has 0 aromatic carbocycles. The number of nitrogens with zero attached hydrogens (tertiary/aromatic N) is 1. The quantitative estimate of drug-likeness (QED) is 0.534. The van der Waals surface area contributed by atoms with E-state index in [1.54, 1.807) is 13.8 Å². The molecule has 19 heavy (non-hydrogen) atoms. The monoisotopic (exact) mass is 295 g/mol. The molecule has 0 aromatic rings. The molecular formula is C11H21NO6S. The number of esters is 1. The van der Waals surface area contributed by atoms with Crippen molar-refractivity contribution in [3.8, 4) is 0 Å². The maximum Gasteiger partial charge on any atom is 0.308 e. The highest BCUT2D eigenvalue weighted by Crippen LogP contribution is 2.07. The van der Waals surface area contributed by atoms with Crippen molar-refractivity contribution in [1.82, 2.24) is 4.90 Å². The van der Waals surface area contributed by atoms with Crippen LogP contribution in [0.3, 0.4) is 0 Å². The summed E-state index contributed by atoms with van der Waals surface area (Å²) in [5.41, 5.74) is 0. The molecular weight excluding hydrogens is 274 g/mol. The van der Waals surface area contributed by atoms with Gasteiger partial charge in [-0.05, 0) is 0 Å². The molecule has 0 aromatic heterocycles. The van der Waals surface area contributed by atoms with Gasteiger partial charge in [0, 0.05) is 19.6 Å². The van der Waals surface area contributed by atoms with E-state index in [2.05, 4.69) is 0 Å². The number of ether oxygens (including phenoxy) is 2. The van der Waals surface area contributed by atoms with Gasteiger partial charge in [-0.3, -0.25) is 14.2 Å². The zero-order valence-corrected chi connectivity index (χ0v) is 12.1. The molecule has 0 radical (unpaired) electrons. The Labute approximate surface area is 113 Å². The Morgan fingerprint density at radius 2 is 1.95 bits per heavy atom. The molecule has 1 N–H and O–H groups in total. The van der Waals surface area contributed by atoms with Crippen molar-refractivity contribution in [2.75, 3.05) is 38.6 Å². The van der Waals surface area contributed by atoms with E-state index >= 15 is 0 Å². The van der Waals surface area contributed by atoms with Crippen molar-refractivity contribution < 1.29 is 27.2 Å². The molecule has 0 bridgehead atoms. The van der Waals surface area contributed by atoms with E-state index in [1.165, 1.54) is 0 Å². The van der Waals surface area contributed by atoms with Gasteiger partial charge in [0.25, 0.3) is 10.1 Å². The van der Waals surface area contributed by atoms with Crippen LogP contribution >= 0.6 is 0 Å². The van der Waals surface area contributed by atoms with Gasteiger partial charge in [-0.1, -0.05) is 13.8 Å². The summed E-state index contributed by atoms with van der Waals surface area (Å²) >= 11 is 0. The molecule has 1 aliphatic rings. The Morgan fingerprint density at radius 3 is 2.42 bits per heavy atom. The number of rotatable bonds is 6. The van der Waals surface area contributed by atoms with Crippen LogP contribution in [0.4, 0.5) is 0 Å². The molecule has 7 nitrogen and oxygen atoms in total. The molecule has 0 amide bonds. The Hall–Kier alpha value is -0.700. The van der Waals surface area contributed by atoms with Crippen LogP contribution in [-0.4, -0.2) is 68.5 Å². The maximum absolute atomic E-state index is 11.5. The van der Waals surface area contributed by atoms with Crippen LogP contribution in [0.25, 0.3) is 0 Å². The fraction of sp³-hybridized carbons (Fsp3) is 0.909. The third kappa shape index (κ3) is 6.86. The Balaban J connectivity index is 2.60. The van der Waals surface area contributed by atoms with Gasteiger partial charge in [-0.2, -0.15) is 8.42 Å². The minimum atomic E-state index is -4.18. The molecule has 0 spiro atoms. The SMILES string of the molecule is CC(C)C(=O)OC(CN1CCOCC1)CS(=O)(=O)O.